The molecule has 11 heavy (non-hydrogen) atoms. The molecule has 1 aromatic rings. The first-order valence-corrected chi connectivity index (χ1v) is 3.46. The van der Waals surface area contributed by atoms with Crippen LogP contribution in [0.1, 0.15) is 5.82 Å². The van der Waals surface area contributed by atoms with Gasteiger partial charge in [0.15, 0.2) is 0 Å². The Balaban J connectivity index is 0.000001000. The smallest absolute Gasteiger partial charge is 0.259 e. The Kier molecular flexibility index (Phi) is 4.23. The lowest BCUT2D eigenvalue weighted by Gasteiger charge is -1.87. The minimum Gasteiger partial charge on any atom is -1.00 e. The second-order valence-electron chi connectivity index (χ2n) is 2.11. The third-order valence-electron chi connectivity index (χ3n) is 1.42. The molecular formula is C7H10Cl2N2. The lowest BCUT2D eigenvalue weighted by atomic mass is 10.4. The predicted octanol–water partition coefficient (Wildman–Crippen LogP) is -1.77. The maximum absolute atomic E-state index is 5.76. The average molecular weight is 193 g/mol. The van der Waals surface area contributed by atoms with Gasteiger partial charge in [0, 0.05) is 0 Å². The van der Waals surface area contributed by atoms with Crippen molar-refractivity contribution in [3.63, 3.8) is 0 Å². The molecule has 0 saturated carbocycles. The van der Waals surface area contributed by atoms with E-state index in [4.69, 9.17) is 11.6 Å². The lowest BCUT2D eigenvalue weighted by molar-refractivity contribution is -0.675. The maximum Gasteiger partial charge on any atom is 0.259 e. The van der Waals surface area contributed by atoms with Crippen LogP contribution in [0.25, 0.3) is 0 Å². The van der Waals surface area contributed by atoms with Crippen LogP contribution in [-0.2, 0) is 13.5 Å². The van der Waals surface area contributed by atoms with Crippen molar-refractivity contribution in [2.75, 3.05) is 0 Å². The summed E-state index contributed by atoms with van der Waals surface area (Å²) in [5.41, 5.74) is 0. The molecule has 0 amide bonds. The van der Waals surface area contributed by atoms with Gasteiger partial charge in [0.1, 0.15) is 6.20 Å². The summed E-state index contributed by atoms with van der Waals surface area (Å²) in [6, 6.07) is 0. The van der Waals surface area contributed by atoms with Gasteiger partial charge in [-0.15, -0.1) is 6.58 Å². The van der Waals surface area contributed by atoms with Gasteiger partial charge in [-0.2, -0.15) is 0 Å². The van der Waals surface area contributed by atoms with Gasteiger partial charge >= 0.3 is 0 Å². The summed E-state index contributed by atoms with van der Waals surface area (Å²) >= 11 is 5.76. The molecule has 0 atom stereocenters. The standard InChI is InChI=1S/C7H9ClN2.ClH/c1-3-4-7-9-5-6(8)10(7)2;/h3,5H,1,4H2,2H3;1H. The number of rotatable bonds is 2. The van der Waals surface area contributed by atoms with Crippen molar-refractivity contribution in [1.82, 2.24) is 4.98 Å². The van der Waals surface area contributed by atoms with Gasteiger partial charge in [-0.05, 0) is 11.6 Å². The molecule has 2 nitrogen and oxygen atoms in total. The van der Waals surface area contributed by atoms with Crippen LogP contribution in [0.3, 0.4) is 0 Å². The SMILES string of the molecule is C=CCc1[nH]cc(Cl)[n+]1C.[Cl-]. The molecular weight excluding hydrogens is 183 g/mol. The van der Waals surface area contributed by atoms with Crippen LogP contribution in [0, 0.1) is 0 Å². The number of imidazole rings is 1. The third kappa shape index (κ3) is 2.24. The number of allylic oxidation sites excluding steroid dienone is 1. The number of H-pyrrole nitrogens is 1. The summed E-state index contributed by atoms with van der Waals surface area (Å²) in [4.78, 5) is 3.03. The summed E-state index contributed by atoms with van der Waals surface area (Å²) in [5.74, 6) is 1.07. The lowest BCUT2D eigenvalue weighted by Crippen LogP contribution is -3.00. The van der Waals surface area contributed by atoms with E-state index in [0.717, 1.165) is 17.4 Å². The maximum atomic E-state index is 5.76. The van der Waals surface area contributed by atoms with E-state index < -0.39 is 0 Å². The van der Waals surface area contributed by atoms with Gasteiger partial charge < -0.3 is 12.4 Å². The van der Waals surface area contributed by atoms with Crippen molar-refractivity contribution in [2.45, 2.75) is 6.42 Å². The van der Waals surface area contributed by atoms with Crippen LogP contribution >= 0.6 is 11.6 Å². The van der Waals surface area contributed by atoms with Crippen LogP contribution < -0.4 is 17.0 Å². The normalized spacial score (nSPS) is 8.91. The summed E-state index contributed by atoms with van der Waals surface area (Å²) in [6.07, 6.45) is 4.42. The number of aromatic nitrogens is 2. The minimum absolute atomic E-state index is 0. The minimum atomic E-state index is 0. The van der Waals surface area contributed by atoms with Gasteiger partial charge in [-0.3, -0.25) is 0 Å². The zero-order chi connectivity index (χ0) is 7.56. The first-order valence-electron chi connectivity index (χ1n) is 3.08. The van der Waals surface area contributed by atoms with Crippen molar-refractivity contribution in [1.29, 1.82) is 0 Å². The fraction of sp³-hybridized carbons (Fsp3) is 0.286. The monoisotopic (exact) mass is 192 g/mol. The Morgan fingerprint density at radius 2 is 2.45 bits per heavy atom. The third-order valence-corrected chi connectivity index (χ3v) is 1.78. The molecule has 0 aliphatic rings. The molecule has 1 N–H and O–H groups in total. The first-order chi connectivity index (χ1) is 4.75. The van der Waals surface area contributed by atoms with E-state index in [1.54, 1.807) is 6.20 Å². The molecule has 1 rings (SSSR count). The van der Waals surface area contributed by atoms with Crippen molar-refractivity contribution in [3.05, 3.63) is 29.8 Å². The topological polar surface area (TPSA) is 19.7 Å². The second kappa shape index (κ2) is 4.42. The molecule has 0 bridgehead atoms. The molecule has 0 fully saturated rings. The number of hydrogen-bond acceptors (Lipinski definition) is 0. The molecule has 4 heteroatoms. The predicted molar refractivity (Wildman–Crippen MR) is 40.9 cm³/mol. The van der Waals surface area contributed by atoms with Crippen molar-refractivity contribution in [2.24, 2.45) is 7.05 Å². The molecule has 0 aliphatic heterocycles. The Labute approximate surface area is 77.3 Å². The zero-order valence-electron chi connectivity index (χ0n) is 6.27. The van der Waals surface area contributed by atoms with E-state index in [1.165, 1.54) is 0 Å². The number of nitrogens with one attached hydrogen (secondary N) is 1. The fourth-order valence-corrected chi connectivity index (χ4v) is 0.955. The quantitative estimate of drug-likeness (QED) is 0.423. The van der Waals surface area contributed by atoms with Gasteiger partial charge in [-0.25, -0.2) is 9.55 Å². The number of halogens is 2. The highest BCUT2D eigenvalue weighted by Crippen LogP contribution is 2.00. The van der Waals surface area contributed by atoms with E-state index in [9.17, 15) is 0 Å². The van der Waals surface area contributed by atoms with Crippen LogP contribution in [0.5, 0.6) is 0 Å². The van der Waals surface area contributed by atoms with Crippen molar-refractivity contribution < 1.29 is 17.0 Å². The van der Waals surface area contributed by atoms with Crippen LogP contribution in [0.4, 0.5) is 0 Å². The van der Waals surface area contributed by atoms with Gasteiger partial charge in [-0.1, -0.05) is 6.08 Å². The van der Waals surface area contributed by atoms with E-state index in [1.807, 2.05) is 17.7 Å². The Hall–Kier alpha value is -0.470. The average Bonchev–Trinajstić information content (AvgIpc) is 2.20. The van der Waals surface area contributed by atoms with E-state index in [-0.39, 0.29) is 12.4 Å². The summed E-state index contributed by atoms with van der Waals surface area (Å²) < 4.78 is 1.89. The number of hydrogen-bond donors (Lipinski definition) is 1. The molecule has 62 valence electrons. The van der Waals surface area contributed by atoms with Gasteiger partial charge in [0.25, 0.3) is 5.82 Å². The highest BCUT2D eigenvalue weighted by atomic mass is 35.5. The highest BCUT2D eigenvalue weighted by molar-refractivity contribution is 6.28. The number of aromatic amines is 1. The van der Waals surface area contributed by atoms with Gasteiger partial charge in [0.2, 0.25) is 5.15 Å². The van der Waals surface area contributed by atoms with E-state index >= 15 is 0 Å². The molecule has 1 aromatic heterocycles. The first kappa shape index (κ1) is 10.5. The molecule has 0 unspecified atom stereocenters. The largest absolute Gasteiger partial charge is 1.00 e. The van der Waals surface area contributed by atoms with Gasteiger partial charge in [0.05, 0.1) is 13.5 Å². The Bertz CT molecular complexity index is 243. The van der Waals surface area contributed by atoms with E-state index in [2.05, 4.69) is 11.6 Å². The molecule has 0 spiro atoms. The molecule has 0 saturated heterocycles. The zero-order valence-corrected chi connectivity index (χ0v) is 7.78. The van der Waals surface area contributed by atoms with Crippen LogP contribution in [-0.4, -0.2) is 4.98 Å². The molecule has 0 aliphatic carbocycles. The van der Waals surface area contributed by atoms with Crippen molar-refractivity contribution >= 4 is 11.6 Å². The summed E-state index contributed by atoms with van der Waals surface area (Å²) in [6.45, 7) is 3.63. The summed E-state index contributed by atoms with van der Waals surface area (Å²) in [7, 11) is 1.91. The number of nitrogens with zero attached hydrogens (tertiary/aromatic N) is 1. The highest BCUT2D eigenvalue weighted by Gasteiger charge is 2.08. The van der Waals surface area contributed by atoms with E-state index in [0.29, 0.717) is 0 Å². The Morgan fingerprint density at radius 3 is 2.82 bits per heavy atom. The van der Waals surface area contributed by atoms with Crippen LogP contribution in [0.15, 0.2) is 18.9 Å². The Morgan fingerprint density at radius 1 is 1.82 bits per heavy atom. The fourth-order valence-electron chi connectivity index (χ4n) is 0.798. The molecule has 0 radical (unpaired) electrons. The second-order valence-corrected chi connectivity index (χ2v) is 2.50. The molecule has 1 heterocycles. The molecule has 0 aromatic carbocycles. The van der Waals surface area contributed by atoms with Crippen molar-refractivity contribution in [3.8, 4) is 0 Å². The summed E-state index contributed by atoms with van der Waals surface area (Å²) in [5, 5.41) is 0.719. The van der Waals surface area contributed by atoms with Crippen LogP contribution in [0.2, 0.25) is 5.15 Å².